The lowest BCUT2D eigenvalue weighted by Crippen LogP contribution is -2.35. The summed E-state index contributed by atoms with van der Waals surface area (Å²) in [7, 11) is 1.43. The average Bonchev–Trinajstić information content (AvgIpc) is 2.35. The van der Waals surface area contributed by atoms with E-state index >= 15 is 0 Å². The quantitative estimate of drug-likeness (QED) is 0.788. The first-order valence-electron chi connectivity index (χ1n) is 6.38. The van der Waals surface area contributed by atoms with Crippen LogP contribution in [0, 0.1) is 12.8 Å². The number of hydrogen-bond acceptors (Lipinski definition) is 3. The van der Waals surface area contributed by atoms with Crippen LogP contribution in [0.25, 0.3) is 0 Å². The molecule has 1 N–H and O–H groups in total. The molecule has 0 radical (unpaired) electrons. The molecule has 0 saturated carbocycles. The molecule has 0 aliphatic heterocycles. The van der Waals surface area contributed by atoms with E-state index in [0.717, 1.165) is 6.54 Å². The van der Waals surface area contributed by atoms with Crippen molar-refractivity contribution in [2.75, 3.05) is 7.11 Å². The number of benzene rings is 1. The summed E-state index contributed by atoms with van der Waals surface area (Å²) in [6.45, 7) is 7.07. The van der Waals surface area contributed by atoms with E-state index in [1.165, 1.54) is 18.2 Å². The van der Waals surface area contributed by atoms with Gasteiger partial charge in [-0.1, -0.05) is 43.7 Å². The number of nitrogens with one attached hydrogen (secondary N) is 1. The molecule has 0 heterocycles. The van der Waals surface area contributed by atoms with Crippen LogP contribution in [0.4, 0.5) is 0 Å². The zero-order chi connectivity index (χ0) is 13.5. The maximum Gasteiger partial charge on any atom is 0.307 e. The van der Waals surface area contributed by atoms with Crippen molar-refractivity contribution in [3.63, 3.8) is 0 Å². The Morgan fingerprint density at radius 3 is 2.39 bits per heavy atom. The predicted octanol–water partition coefficient (Wildman–Crippen LogP) is 2.67. The number of carbonyl (C=O) groups is 1. The van der Waals surface area contributed by atoms with E-state index in [1.54, 1.807) is 0 Å². The summed E-state index contributed by atoms with van der Waals surface area (Å²) in [5, 5.41) is 3.42. The molecule has 1 aromatic rings. The van der Waals surface area contributed by atoms with Gasteiger partial charge in [-0.25, -0.2) is 0 Å². The molecule has 0 aliphatic rings. The zero-order valence-corrected chi connectivity index (χ0v) is 11.7. The molecule has 1 rings (SSSR count). The zero-order valence-electron chi connectivity index (χ0n) is 11.7. The number of methoxy groups -OCH3 is 1. The summed E-state index contributed by atoms with van der Waals surface area (Å²) in [5.41, 5.74) is 2.49. The molecule has 1 atom stereocenters. The smallest absolute Gasteiger partial charge is 0.307 e. The summed E-state index contributed by atoms with van der Waals surface area (Å²) in [6.07, 6.45) is 0.417. The van der Waals surface area contributed by atoms with Crippen molar-refractivity contribution in [1.29, 1.82) is 0 Å². The summed E-state index contributed by atoms with van der Waals surface area (Å²) in [4.78, 5) is 11.3. The van der Waals surface area contributed by atoms with Gasteiger partial charge < -0.3 is 10.1 Å². The third kappa shape index (κ3) is 4.88. The molecule has 18 heavy (non-hydrogen) atoms. The molecule has 0 aromatic heterocycles. The SMILES string of the molecule is COC(=O)CC(NCc1ccc(C)cc1)C(C)C. The molecule has 100 valence electrons. The monoisotopic (exact) mass is 249 g/mol. The minimum atomic E-state index is -0.162. The fourth-order valence-corrected chi connectivity index (χ4v) is 1.76. The fraction of sp³-hybridized carbons (Fsp3) is 0.533. The van der Waals surface area contributed by atoms with Crippen molar-refractivity contribution in [3.8, 4) is 0 Å². The van der Waals surface area contributed by atoms with E-state index in [-0.39, 0.29) is 12.0 Å². The number of hydrogen-bond donors (Lipinski definition) is 1. The minimum Gasteiger partial charge on any atom is -0.469 e. The molecule has 0 saturated heterocycles. The Kier molecular flexibility index (Phi) is 5.86. The van der Waals surface area contributed by atoms with Gasteiger partial charge in [0.15, 0.2) is 0 Å². The Hall–Kier alpha value is -1.35. The molecular weight excluding hydrogens is 226 g/mol. The van der Waals surface area contributed by atoms with Crippen LogP contribution < -0.4 is 5.32 Å². The maximum absolute atomic E-state index is 11.3. The van der Waals surface area contributed by atoms with Crippen molar-refractivity contribution < 1.29 is 9.53 Å². The molecule has 3 heteroatoms. The normalized spacial score (nSPS) is 12.5. The summed E-state index contributed by atoms with van der Waals surface area (Å²) in [6, 6.07) is 8.57. The van der Waals surface area contributed by atoms with Gasteiger partial charge in [-0.15, -0.1) is 0 Å². The van der Waals surface area contributed by atoms with E-state index in [4.69, 9.17) is 4.74 Å². The summed E-state index contributed by atoms with van der Waals surface area (Å²) < 4.78 is 4.72. The third-order valence-corrected chi connectivity index (χ3v) is 3.11. The topological polar surface area (TPSA) is 38.3 Å². The first-order valence-corrected chi connectivity index (χ1v) is 6.38. The highest BCUT2D eigenvalue weighted by Crippen LogP contribution is 2.09. The van der Waals surface area contributed by atoms with E-state index in [1.807, 2.05) is 0 Å². The second-order valence-corrected chi connectivity index (χ2v) is 5.00. The Bertz CT molecular complexity index is 371. The van der Waals surface area contributed by atoms with E-state index in [0.29, 0.717) is 12.3 Å². The van der Waals surface area contributed by atoms with Crippen LogP contribution in [0.15, 0.2) is 24.3 Å². The van der Waals surface area contributed by atoms with Crippen LogP contribution in [-0.2, 0) is 16.1 Å². The van der Waals surface area contributed by atoms with Gasteiger partial charge in [0.1, 0.15) is 0 Å². The van der Waals surface area contributed by atoms with Crippen LogP contribution in [0.3, 0.4) is 0 Å². The third-order valence-electron chi connectivity index (χ3n) is 3.11. The van der Waals surface area contributed by atoms with E-state index in [9.17, 15) is 4.79 Å². The minimum absolute atomic E-state index is 0.152. The van der Waals surface area contributed by atoms with Gasteiger partial charge in [0.05, 0.1) is 13.5 Å². The fourth-order valence-electron chi connectivity index (χ4n) is 1.76. The van der Waals surface area contributed by atoms with Crippen LogP contribution in [0.1, 0.15) is 31.4 Å². The van der Waals surface area contributed by atoms with Crippen LogP contribution in [-0.4, -0.2) is 19.1 Å². The Balaban J connectivity index is 2.51. The number of ether oxygens (including phenoxy) is 1. The Labute approximate surface area is 110 Å². The first kappa shape index (κ1) is 14.7. The van der Waals surface area contributed by atoms with Crippen LogP contribution in [0.2, 0.25) is 0 Å². The molecule has 0 spiro atoms. The molecule has 1 unspecified atom stereocenters. The summed E-state index contributed by atoms with van der Waals surface area (Å²) in [5.74, 6) is 0.236. The summed E-state index contributed by atoms with van der Waals surface area (Å²) >= 11 is 0. The average molecular weight is 249 g/mol. The molecule has 0 aliphatic carbocycles. The number of carbonyl (C=O) groups excluding carboxylic acids is 1. The second kappa shape index (κ2) is 7.17. The standard InChI is InChI=1S/C15H23NO2/c1-11(2)14(9-15(17)18-4)16-10-13-7-5-12(3)6-8-13/h5-8,11,14,16H,9-10H2,1-4H3. The van der Waals surface area contributed by atoms with Gasteiger partial charge in [0.2, 0.25) is 0 Å². The second-order valence-electron chi connectivity index (χ2n) is 5.00. The maximum atomic E-state index is 11.3. The predicted molar refractivity (Wildman–Crippen MR) is 73.3 cm³/mol. The van der Waals surface area contributed by atoms with Crippen LogP contribution in [0.5, 0.6) is 0 Å². The van der Waals surface area contributed by atoms with Crippen LogP contribution >= 0.6 is 0 Å². The van der Waals surface area contributed by atoms with Crippen molar-refractivity contribution in [2.24, 2.45) is 5.92 Å². The highest BCUT2D eigenvalue weighted by Gasteiger charge is 2.17. The molecule has 3 nitrogen and oxygen atoms in total. The molecular formula is C15H23NO2. The highest BCUT2D eigenvalue weighted by atomic mass is 16.5. The lowest BCUT2D eigenvalue weighted by atomic mass is 10.0. The van der Waals surface area contributed by atoms with E-state index in [2.05, 4.69) is 50.4 Å². The number of aryl methyl sites for hydroxylation is 1. The molecule has 0 amide bonds. The van der Waals surface area contributed by atoms with Crippen molar-refractivity contribution in [1.82, 2.24) is 5.32 Å². The molecule has 0 fully saturated rings. The van der Waals surface area contributed by atoms with E-state index < -0.39 is 0 Å². The molecule has 0 bridgehead atoms. The first-order chi connectivity index (χ1) is 8.52. The number of esters is 1. The van der Waals surface area contributed by atoms with Crippen molar-refractivity contribution in [2.45, 2.75) is 39.8 Å². The number of rotatable bonds is 6. The molecule has 1 aromatic carbocycles. The highest BCUT2D eigenvalue weighted by molar-refractivity contribution is 5.69. The van der Waals surface area contributed by atoms with Gasteiger partial charge in [-0.2, -0.15) is 0 Å². The Morgan fingerprint density at radius 2 is 1.89 bits per heavy atom. The van der Waals surface area contributed by atoms with Crippen molar-refractivity contribution >= 4 is 5.97 Å². The van der Waals surface area contributed by atoms with Gasteiger partial charge in [-0.3, -0.25) is 4.79 Å². The largest absolute Gasteiger partial charge is 0.469 e. The Morgan fingerprint density at radius 1 is 1.28 bits per heavy atom. The lowest BCUT2D eigenvalue weighted by Gasteiger charge is -2.21. The lowest BCUT2D eigenvalue weighted by molar-refractivity contribution is -0.141. The van der Waals surface area contributed by atoms with Gasteiger partial charge >= 0.3 is 5.97 Å². The van der Waals surface area contributed by atoms with Gasteiger partial charge in [0.25, 0.3) is 0 Å². The van der Waals surface area contributed by atoms with Gasteiger partial charge in [0, 0.05) is 12.6 Å². The van der Waals surface area contributed by atoms with Gasteiger partial charge in [-0.05, 0) is 18.4 Å². The van der Waals surface area contributed by atoms with Crippen molar-refractivity contribution in [3.05, 3.63) is 35.4 Å².